The van der Waals surface area contributed by atoms with Crippen LogP contribution in [0.15, 0.2) is 48.8 Å². The van der Waals surface area contributed by atoms with Gasteiger partial charge in [-0.25, -0.2) is 4.98 Å². The second kappa shape index (κ2) is 6.52. The van der Waals surface area contributed by atoms with Crippen molar-refractivity contribution in [3.8, 4) is 5.88 Å². The minimum absolute atomic E-state index is 0.0232. The van der Waals surface area contributed by atoms with E-state index in [0.717, 1.165) is 0 Å². The Kier molecular flexibility index (Phi) is 4.28. The van der Waals surface area contributed by atoms with Gasteiger partial charge in [-0.05, 0) is 24.1 Å². The second-order valence-corrected chi connectivity index (χ2v) is 5.42. The maximum atomic E-state index is 12.1. The molecule has 3 rings (SSSR count). The molecular weight excluding hydrogens is 290 g/mol. The Labute approximate surface area is 134 Å². The van der Waals surface area contributed by atoms with E-state index in [0.29, 0.717) is 24.4 Å². The molecule has 0 aliphatic carbocycles. The lowest BCUT2D eigenvalue weighted by atomic mass is 10.1. The number of hydrogen-bond donors (Lipinski definition) is 1. The van der Waals surface area contributed by atoms with Gasteiger partial charge in [-0.3, -0.25) is 4.79 Å². The molecule has 0 fully saturated rings. The lowest BCUT2D eigenvalue weighted by Crippen LogP contribution is -2.12. The number of amides is 1. The minimum Gasteiger partial charge on any atom is -0.481 e. The smallest absolute Gasteiger partial charge is 0.224 e. The van der Waals surface area contributed by atoms with Crippen molar-refractivity contribution in [2.75, 3.05) is 12.4 Å². The van der Waals surface area contributed by atoms with Gasteiger partial charge in [0.15, 0.2) is 0 Å². The Morgan fingerprint density at radius 3 is 2.83 bits per heavy atom. The number of carbonyl (C=O) groups is 1. The summed E-state index contributed by atoms with van der Waals surface area (Å²) in [5, 5.41) is 4.06. The predicted molar refractivity (Wildman–Crippen MR) is 90.7 cm³/mol. The van der Waals surface area contributed by atoms with Crippen LogP contribution in [0.3, 0.4) is 0 Å². The standard InChI is InChI=1S/C18H19N3O2/c1-21-12-13(15-5-3-4-6-16(15)21)7-9-17(22)20-14-8-10-18(23-2)19-11-14/h3-6,8,10-12H,7,9H2,1-2H3,(H,20,22). The van der Waals surface area contributed by atoms with Gasteiger partial charge in [0.25, 0.3) is 0 Å². The summed E-state index contributed by atoms with van der Waals surface area (Å²) in [6.07, 6.45) is 4.82. The lowest BCUT2D eigenvalue weighted by molar-refractivity contribution is -0.116. The maximum absolute atomic E-state index is 12.1. The number of hydrogen-bond acceptors (Lipinski definition) is 3. The number of methoxy groups -OCH3 is 1. The van der Waals surface area contributed by atoms with Gasteiger partial charge in [0.05, 0.1) is 19.0 Å². The van der Waals surface area contributed by atoms with Gasteiger partial charge < -0.3 is 14.6 Å². The largest absolute Gasteiger partial charge is 0.481 e. The summed E-state index contributed by atoms with van der Waals surface area (Å²) < 4.78 is 7.09. The summed E-state index contributed by atoms with van der Waals surface area (Å²) in [6.45, 7) is 0. The van der Waals surface area contributed by atoms with Crippen molar-refractivity contribution in [2.45, 2.75) is 12.8 Å². The molecule has 1 N–H and O–H groups in total. The zero-order valence-corrected chi connectivity index (χ0v) is 13.2. The first-order valence-corrected chi connectivity index (χ1v) is 7.50. The van der Waals surface area contributed by atoms with Gasteiger partial charge in [0, 0.05) is 36.6 Å². The molecule has 0 saturated carbocycles. The Morgan fingerprint density at radius 1 is 1.26 bits per heavy atom. The Bertz CT molecular complexity index is 822. The summed E-state index contributed by atoms with van der Waals surface area (Å²) >= 11 is 0. The van der Waals surface area contributed by atoms with E-state index >= 15 is 0 Å². The van der Waals surface area contributed by atoms with E-state index in [1.807, 2.05) is 19.2 Å². The first-order valence-electron chi connectivity index (χ1n) is 7.50. The highest BCUT2D eigenvalue weighted by Crippen LogP contribution is 2.21. The maximum Gasteiger partial charge on any atom is 0.224 e. The molecular formula is C18H19N3O2. The van der Waals surface area contributed by atoms with Gasteiger partial charge in [0.1, 0.15) is 0 Å². The lowest BCUT2D eigenvalue weighted by Gasteiger charge is -2.05. The molecule has 0 atom stereocenters. The molecule has 0 spiro atoms. The van der Waals surface area contributed by atoms with Crippen LogP contribution in [0.2, 0.25) is 0 Å². The first-order chi connectivity index (χ1) is 11.2. The van der Waals surface area contributed by atoms with Crippen LogP contribution in [-0.2, 0) is 18.3 Å². The summed E-state index contributed by atoms with van der Waals surface area (Å²) in [6, 6.07) is 11.7. The third-order valence-electron chi connectivity index (χ3n) is 3.83. The number of pyridine rings is 1. The van der Waals surface area contributed by atoms with Crippen LogP contribution in [0.5, 0.6) is 5.88 Å². The van der Waals surface area contributed by atoms with Crippen molar-refractivity contribution in [2.24, 2.45) is 7.05 Å². The normalized spacial score (nSPS) is 10.7. The SMILES string of the molecule is COc1ccc(NC(=O)CCc2cn(C)c3ccccc23)cn1. The van der Waals surface area contributed by atoms with Gasteiger partial charge in [0.2, 0.25) is 11.8 Å². The van der Waals surface area contributed by atoms with Crippen LogP contribution in [0.1, 0.15) is 12.0 Å². The molecule has 0 radical (unpaired) electrons. The number of rotatable bonds is 5. The van der Waals surface area contributed by atoms with Crippen molar-refractivity contribution in [1.82, 2.24) is 9.55 Å². The van der Waals surface area contributed by atoms with Crippen molar-refractivity contribution in [1.29, 1.82) is 0 Å². The molecule has 0 aliphatic rings. The van der Waals surface area contributed by atoms with E-state index in [9.17, 15) is 4.79 Å². The zero-order valence-electron chi connectivity index (χ0n) is 13.2. The number of anilines is 1. The molecule has 1 aromatic carbocycles. The Balaban J connectivity index is 1.63. The van der Waals surface area contributed by atoms with E-state index in [1.54, 1.807) is 25.4 Å². The zero-order chi connectivity index (χ0) is 16.2. The number of aryl methyl sites for hydroxylation is 2. The fourth-order valence-electron chi connectivity index (χ4n) is 2.67. The summed E-state index contributed by atoms with van der Waals surface area (Å²) in [5.41, 5.74) is 3.04. The monoisotopic (exact) mass is 309 g/mol. The number of carbonyl (C=O) groups excluding carboxylic acids is 1. The average molecular weight is 309 g/mol. The molecule has 0 unspecified atom stereocenters. The van der Waals surface area contributed by atoms with Crippen LogP contribution in [0.4, 0.5) is 5.69 Å². The van der Waals surface area contributed by atoms with E-state index in [4.69, 9.17) is 4.74 Å². The van der Waals surface area contributed by atoms with Crippen LogP contribution in [0.25, 0.3) is 10.9 Å². The highest BCUT2D eigenvalue weighted by molar-refractivity contribution is 5.91. The average Bonchev–Trinajstić information content (AvgIpc) is 2.90. The number of para-hydroxylation sites is 1. The van der Waals surface area contributed by atoms with Crippen LogP contribution >= 0.6 is 0 Å². The van der Waals surface area contributed by atoms with Crippen LogP contribution in [0, 0.1) is 0 Å². The van der Waals surface area contributed by atoms with E-state index in [1.165, 1.54) is 16.5 Å². The number of fused-ring (bicyclic) bond motifs is 1. The first kappa shape index (κ1) is 15.1. The van der Waals surface area contributed by atoms with E-state index in [2.05, 4.69) is 33.2 Å². The molecule has 1 amide bonds. The topological polar surface area (TPSA) is 56.1 Å². The number of nitrogens with one attached hydrogen (secondary N) is 1. The molecule has 3 aromatic rings. The van der Waals surface area contributed by atoms with Crippen molar-refractivity contribution >= 4 is 22.5 Å². The summed E-state index contributed by atoms with van der Waals surface area (Å²) in [5.74, 6) is 0.503. The molecule has 5 nitrogen and oxygen atoms in total. The predicted octanol–water partition coefficient (Wildman–Crippen LogP) is 3.15. The molecule has 0 aliphatic heterocycles. The molecule has 5 heteroatoms. The second-order valence-electron chi connectivity index (χ2n) is 5.42. The number of nitrogens with zero attached hydrogens (tertiary/aromatic N) is 2. The Hall–Kier alpha value is -2.82. The summed E-state index contributed by atoms with van der Waals surface area (Å²) in [7, 11) is 3.58. The fraction of sp³-hybridized carbons (Fsp3) is 0.222. The number of aromatic nitrogens is 2. The molecule has 118 valence electrons. The molecule has 2 aromatic heterocycles. The van der Waals surface area contributed by atoms with Gasteiger partial charge in [-0.1, -0.05) is 18.2 Å². The van der Waals surface area contributed by atoms with Crippen LogP contribution in [-0.4, -0.2) is 22.6 Å². The molecule has 23 heavy (non-hydrogen) atoms. The van der Waals surface area contributed by atoms with Crippen molar-refractivity contribution < 1.29 is 9.53 Å². The van der Waals surface area contributed by atoms with Gasteiger partial charge in [-0.15, -0.1) is 0 Å². The van der Waals surface area contributed by atoms with Crippen molar-refractivity contribution in [3.63, 3.8) is 0 Å². The van der Waals surface area contributed by atoms with E-state index in [-0.39, 0.29) is 5.91 Å². The van der Waals surface area contributed by atoms with E-state index < -0.39 is 0 Å². The molecule has 2 heterocycles. The Morgan fingerprint density at radius 2 is 2.09 bits per heavy atom. The number of benzene rings is 1. The third-order valence-corrected chi connectivity index (χ3v) is 3.83. The highest BCUT2D eigenvalue weighted by Gasteiger charge is 2.09. The summed E-state index contributed by atoms with van der Waals surface area (Å²) in [4.78, 5) is 16.2. The molecule has 0 saturated heterocycles. The van der Waals surface area contributed by atoms with Crippen molar-refractivity contribution in [3.05, 3.63) is 54.4 Å². The van der Waals surface area contributed by atoms with Gasteiger partial charge in [-0.2, -0.15) is 0 Å². The molecule has 0 bridgehead atoms. The quantitative estimate of drug-likeness (QED) is 0.787. The highest BCUT2D eigenvalue weighted by atomic mass is 16.5. The van der Waals surface area contributed by atoms with Crippen LogP contribution < -0.4 is 10.1 Å². The third kappa shape index (κ3) is 3.34. The fourth-order valence-corrected chi connectivity index (χ4v) is 2.67. The van der Waals surface area contributed by atoms with Gasteiger partial charge >= 0.3 is 0 Å². The number of ether oxygens (including phenoxy) is 1. The minimum atomic E-state index is -0.0232.